The molecule has 0 aliphatic heterocycles. The number of aromatic nitrogens is 1. The van der Waals surface area contributed by atoms with Gasteiger partial charge in [-0.05, 0) is 24.6 Å². The molecule has 0 spiro atoms. The molecule has 0 aliphatic rings. The van der Waals surface area contributed by atoms with Gasteiger partial charge >= 0.3 is 0 Å². The zero-order valence-electron chi connectivity index (χ0n) is 13.8. The van der Waals surface area contributed by atoms with E-state index in [-0.39, 0.29) is 9.70 Å². The molecule has 0 amide bonds. The van der Waals surface area contributed by atoms with Crippen molar-refractivity contribution in [3.63, 3.8) is 0 Å². The molecule has 0 saturated carbocycles. The molecule has 1 atom stereocenters. The van der Waals surface area contributed by atoms with Gasteiger partial charge < -0.3 is 4.98 Å². The standard InChI is InChI=1S/C12H9N.C9H10OS2/c1-3-7-11-9(5-1)10-6-2-4-8-12(10)13-11;1-7(12-9(10)11)8-5-3-2-4-6-8/h1-8,13H;2-7H,1H3,(H,10,11). The van der Waals surface area contributed by atoms with E-state index in [9.17, 15) is 4.79 Å². The number of aromatic amines is 1. The molecule has 3 aromatic carbocycles. The Morgan fingerprint density at radius 3 is 1.84 bits per heavy atom. The summed E-state index contributed by atoms with van der Waals surface area (Å²) in [6.07, 6.45) is 0. The molecule has 4 heteroatoms. The Kier molecular flexibility index (Phi) is 5.84. The molecular weight excluding hydrogens is 346 g/mol. The van der Waals surface area contributed by atoms with Crippen molar-refractivity contribution in [1.29, 1.82) is 0 Å². The van der Waals surface area contributed by atoms with Crippen LogP contribution in [0.4, 0.5) is 4.79 Å². The third-order valence-corrected chi connectivity index (χ3v) is 5.10. The van der Waals surface area contributed by atoms with Gasteiger partial charge in [0.25, 0.3) is 0 Å². The number of carbonyl (C=O) groups is 1. The van der Waals surface area contributed by atoms with Crippen LogP contribution in [0.2, 0.25) is 0 Å². The Balaban J connectivity index is 0.000000147. The maximum atomic E-state index is 10.7. The lowest BCUT2D eigenvalue weighted by Crippen LogP contribution is -1.88. The molecule has 0 fully saturated rings. The number of fused-ring (bicyclic) bond motifs is 3. The summed E-state index contributed by atoms with van der Waals surface area (Å²) in [6, 6.07) is 26.7. The monoisotopic (exact) mass is 365 g/mol. The lowest BCUT2D eigenvalue weighted by Gasteiger charge is -2.07. The van der Waals surface area contributed by atoms with Crippen molar-refractivity contribution in [2.75, 3.05) is 0 Å². The first-order valence-electron chi connectivity index (χ1n) is 8.05. The molecule has 0 saturated heterocycles. The zero-order valence-corrected chi connectivity index (χ0v) is 15.6. The largest absolute Gasteiger partial charge is 0.355 e. The SMILES string of the molecule is CC(SC(=O)S)c1ccccc1.c1ccc2c(c1)[nH]c1ccccc12. The van der Waals surface area contributed by atoms with Crippen LogP contribution in [-0.2, 0) is 0 Å². The maximum Gasteiger partial charge on any atom is 0.243 e. The van der Waals surface area contributed by atoms with E-state index in [1.807, 2.05) is 37.3 Å². The minimum Gasteiger partial charge on any atom is -0.355 e. The van der Waals surface area contributed by atoms with Crippen LogP contribution in [0, 0.1) is 0 Å². The molecule has 4 aromatic rings. The maximum absolute atomic E-state index is 10.7. The number of rotatable bonds is 2. The van der Waals surface area contributed by atoms with Gasteiger partial charge in [0.1, 0.15) is 0 Å². The Morgan fingerprint density at radius 1 is 0.840 bits per heavy atom. The van der Waals surface area contributed by atoms with Gasteiger partial charge in [0, 0.05) is 27.1 Å². The summed E-state index contributed by atoms with van der Waals surface area (Å²) >= 11 is 4.94. The van der Waals surface area contributed by atoms with Gasteiger partial charge in [-0.3, -0.25) is 4.79 Å². The first-order valence-corrected chi connectivity index (χ1v) is 9.38. The van der Waals surface area contributed by atoms with Gasteiger partial charge in [0.05, 0.1) is 0 Å². The van der Waals surface area contributed by atoms with Crippen LogP contribution in [0.15, 0.2) is 78.9 Å². The van der Waals surface area contributed by atoms with Crippen LogP contribution in [0.5, 0.6) is 0 Å². The van der Waals surface area contributed by atoms with Crippen LogP contribution in [-0.4, -0.2) is 9.43 Å². The Morgan fingerprint density at radius 2 is 1.32 bits per heavy atom. The second-order valence-corrected chi connectivity index (χ2v) is 7.68. The highest BCUT2D eigenvalue weighted by atomic mass is 32.2. The Labute approximate surface area is 157 Å². The summed E-state index contributed by atoms with van der Waals surface area (Å²) < 4.78 is -0.133. The number of nitrogens with one attached hydrogen (secondary N) is 1. The highest BCUT2D eigenvalue weighted by molar-refractivity contribution is 8.32. The first-order chi connectivity index (χ1) is 12.1. The van der Waals surface area contributed by atoms with Crippen LogP contribution in [0.1, 0.15) is 17.7 Å². The molecule has 1 heterocycles. The quantitative estimate of drug-likeness (QED) is 0.381. The predicted octanol–water partition coefficient (Wildman–Crippen LogP) is 6.85. The van der Waals surface area contributed by atoms with E-state index in [0.717, 1.165) is 5.56 Å². The van der Waals surface area contributed by atoms with Crippen molar-refractivity contribution in [2.45, 2.75) is 12.2 Å². The molecule has 25 heavy (non-hydrogen) atoms. The van der Waals surface area contributed by atoms with Crippen LogP contribution < -0.4 is 0 Å². The summed E-state index contributed by atoms with van der Waals surface area (Å²) in [5.41, 5.74) is 3.58. The summed E-state index contributed by atoms with van der Waals surface area (Å²) in [5, 5.41) is 2.80. The van der Waals surface area contributed by atoms with E-state index in [1.165, 1.54) is 33.6 Å². The smallest absolute Gasteiger partial charge is 0.243 e. The van der Waals surface area contributed by atoms with E-state index in [1.54, 1.807) is 0 Å². The number of H-pyrrole nitrogens is 1. The van der Waals surface area contributed by atoms with E-state index < -0.39 is 0 Å². The van der Waals surface area contributed by atoms with Crippen molar-refractivity contribution in [3.05, 3.63) is 84.4 Å². The second kappa shape index (κ2) is 8.28. The summed E-state index contributed by atoms with van der Waals surface area (Å²) in [4.78, 5) is 14.0. The third kappa shape index (κ3) is 4.47. The zero-order chi connectivity index (χ0) is 17.6. The van der Waals surface area contributed by atoms with Gasteiger partial charge in [-0.1, -0.05) is 91.1 Å². The average molecular weight is 366 g/mol. The molecular formula is C21H19NOS2. The number of thiol groups is 1. The predicted molar refractivity (Wildman–Crippen MR) is 113 cm³/mol. The van der Waals surface area contributed by atoms with Gasteiger partial charge in [0.15, 0.2) is 0 Å². The molecule has 126 valence electrons. The van der Waals surface area contributed by atoms with Gasteiger partial charge in [-0.15, -0.1) is 0 Å². The van der Waals surface area contributed by atoms with Crippen molar-refractivity contribution in [2.24, 2.45) is 0 Å². The summed E-state index contributed by atoms with van der Waals surface area (Å²) in [6.45, 7) is 1.99. The highest BCUT2D eigenvalue weighted by Gasteiger charge is 2.07. The van der Waals surface area contributed by atoms with Crippen LogP contribution >= 0.6 is 24.4 Å². The average Bonchev–Trinajstić information content (AvgIpc) is 3.01. The lowest BCUT2D eigenvalue weighted by atomic mass is 10.2. The lowest BCUT2D eigenvalue weighted by molar-refractivity contribution is 0.277. The number of para-hydroxylation sites is 2. The minimum absolute atomic E-state index is 0.133. The van der Waals surface area contributed by atoms with Crippen molar-refractivity contribution < 1.29 is 4.79 Å². The minimum atomic E-state index is -0.133. The van der Waals surface area contributed by atoms with E-state index in [2.05, 4.69) is 66.1 Å². The van der Waals surface area contributed by atoms with Gasteiger partial charge in [0.2, 0.25) is 4.45 Å². The second-order valence-electron chi connectivity index (χ2n) is 5.65. The van der Waals surface area contributed by atoms with E-state index >= 15 is 0 Å². The highest BCUT2D eigenvalue weighted by Crippen LogP contribution is 2.29. The number of benzene rings is 3. The summed E-state index contributed by atoms with van der Waals surface area (Å²) in [5.74, 6) is 0. The molecule has 2 nitrogen and oxygen atoms in total. The van der Waals surface area contributed by atoms with Crippen molar-refractivity contribution in [3.8, 4) is 0 Å². The number of hydrogen-bond acceptors (Lipinski definition) is 2. The molecule has 0 aliphatic carbocycles. The van der Waals surface area contributed by atoms with E-state index in [0.29, 0.717) is 0 Å². The number of hydrogen-bond donors (Lipinski definition) is 2. The third-order valence-electron chi connectivity index (χ3n) is 3.96. The van der Waals surface area contributed by atoms with Crippen molar-refractivity contribution >= 4 is 50.6 Å². The fourth-order valence-electron chi connectivity index (χ4n) is 2.74. The number of carbonyl (C=O) groups excluding carboxylic acids is 1. The Hall–Kier alpha value is -2.17. The molecule has 1 unspecified atom stereocenters. The van der Waals surface area contributed by atoms with Gasteiger partial charge in [-0.2, -0.15) is 0 Å². The van der Waals surface area contributed by atoms with Crippen molar-refractivity contribution in [1.82, 2.24) is 4.98 Å². The van der Waals surface area contributed by atoms with E-state index in [4.69, 9.17) is 0 Å². The number of thioether (sulfide) groups is 1. The topological polar surface area (TPSA) is 32.9 Å². The Bertz CT molecular complexity index is 928. The molecule has 4 rings (SSSR count). The fourth-order valence-corrected chi connectivity index (χ4v) is 3.81. The fraction of sp³-hybridized carbons (Fsp3) is 0.0952. The molecule has 0 bridgehead atoms. The molecule has 1 N–H and O–H groups in total. The normalized spacial score (nSPS) is 11.8. The molecule has 1 aromatic heterocycles. The first kappa shape index (κ1) is 17.6. The van der Waals surface area contributed by atoms with Crippen LogP contribution in [0.25, 0.3) is 21.8 Å². The summed E-state index contributed by atoms with van der Waals surface area (Å²) in [7, 11) is 0. The molecule has 0 radical (unpaired) electrons. The van der Waals surface area contributed by atoms with Crippen LogP contribution in [0.3, 0.4) is 0 Å². The van der Waals surface area contributed by atoms with Gasteiger partial charge in [-0.25, -0.2) is 0 Å².